The Morgan fingerprint density at radius 1 is 1.27 bits per heavy atom. The van der Waals surface area contributed by atoms with E-state index in [1.807, 2.05) is 18.4 Å². The van der Waals surface area contributed by atoms with Gasteiger partial charge in [0.2, 0.25) is 5.91 Å². The number of ether oxygens (including phenoxy) is 1. The van der Waals surface area contributed by atoms with E-state index in [4.69, 9.17) is 9.73 Å². The van der Waals surface area contributed by atoms with Crippen molar-refractivity contribution in [2.75, 3.05) is 18.1 Å². The second kappa shape index (κ2) is 15.3. The quantitative estimate of drug-likeness (QED) is 0.223. The van der Waals surface area contributed by atoms with Crippen LogP contribution in [0.5, 0.6) is 0 Å². The molecule has 0 spiro atoms. The molecule has 0 aliphatic carbocycles. The molecule has 4 bridgehead atoms. The number of nitrogens with one attached hydrogen (secondary N) is 1. The number of cyclic esters (lactones) is 1. The Hall–Kier alpha value is -2.18. The molecule has 1 N–H and O–H groups in total. The van der Waals surface area contributed by atoms with Gasteiger partial charge in [0.15, 0.2) is 5.12 Å². The predicted molar refractivity (Wildman–Crippen MR) is 165 cm³/mol. The van der Waals surface area contributed by atoms with Gasteiger partial charge in [-0.25, -0.2) is 9.78 Å². The van der Waals surface area contributed by atoms with Gasteiger partial charge in [-0.05, 0) is 38.7 Å². The maximum Gasteiger partial charge on any atom is 0.329 e. The van der Waals surface area contributed by atoms with Gasteiger partial charge >= 0.3 is 5.97 Å². The minimum Gasteiger partial charge on any atom is -0.456 e. The van der Waals surface area contributed by atoms with Gasteiger partial charge in [-0.1, -0.05) is 50.4 Å². The first kappa shape index (κ1) is 31.7. The highest BCUT2D eigenvalue weighted by Gasteiger charge is 2.46. The van der Waals surface area contributed by atoms with Crippen LogP contribution < -0.4 is 5.32 Å². The van der Waals surface area contributed by atoms with E-state index in [0.29, 0.717) is 54.5 Å². The van der Waals surface area contributed by atoms with Gasteiger partial charge in [-0.15, -0.1) is 23.1 Å². The van der Waals surface area contributed by atoms with E-state index in [1.54, 1.807) is 11.0 Å². The Morgan fingerprint density at radius 2 is 2.10 bits per heavy atom. The molecule has 9 nitrogen and oxygen atoms in total. The largest absolute Gasteiger partial charge is 0.456 e. The van der Waals surface area contributed by atoms with Gasteiger partial charge in [-0.3, -0.25) is 19.4 Å². The van der Waals surface area contributed by atoms with Crippen LogP contribution in [0.4, 0.5) is 0 Å². The molecule has 0 aromatic carbocycles. The molecule has 3 atom stereocenters. The summed E-state index contributed by atoms with van der Waals surface area (Å²) >= 11 is 4.24. The zero-order chi connectivity index (χ0) is 29.2. The molecule has 1 aromatic rings. The first-order chi connectivity index (χ1) is 19.8. The fourth-order valence-electron chi connectivity index (χ4n) is 5.03. The maximum atomic E-state index is 13.6. The van der Waals surface area contributed by atoms with Crippen LogP contribution in [0.1, 0.15) is 88.8 Å². The molecule has 41 heavy (non-hydrogen) atoms. The Labute approximate surface area is 254 Å². The first-order valence-electron chi connectivity index (χ1n) is 14.6. The van der Waals surface area contributed by atoms with Crippen molar-refractivity contribution in [3.8, 4) is 0 Å². The molecule has 3 aliphatic heterocycles. The highest BCUT2D eigenvalue weighted by molar-refractivity contribution is 8.14. The summed E-state index contributed by atoms with van der Waals surface area (Å²) in [5.41, 5.74) is -0.263. The first-order valence-corrected chi connectivity index (χ1v) is 17.4. The van der Waals surface area contributed by atoms with Crippen molar-refractivity contribution in [3.63, 3.8) is 0 Å². The van der Waals surface area contributed by atoms with E-state index >= 15 is 0 Å². The summed E-state index contributed by atoms with van der Waals surface area (Å²) in [5, 5.41) is 6.42. The molecule has 1 aromatic heterocycles. The number of hydrogen-bond donors (Lipinski definition) is 1. The number of thioether (sulfide) groups is 2. The van der Waals surface area contributed by atoms with Crippen molar-refractivity contribution in [2.24, 2.45) is 4.99 Å². The Bertz CT molecular complexity index is 1170. The van der Waals surface area contributed by atoms with Gasteiger partial charge in [0.05, 0.1) is 13.0 Å². The van der Waals surface area contributed by atoms with E-state index in [9.17, 15) is 19.2 Å². The van der Waals surface area contributed by atoms with E-state index in [0.717, 1.165) is 17.8 Å². The van der Waals surface area contributed by atoms with Gasteiger partial charge in [0.1, 0.15) is 33.4 Å². The molecule has 4 heterocycles. The molecule has 1 saturated heterocycles. The molecule has 1 fully saturated rings. The second-order valence-corrected chi connectivity index (χ2v) is 13.9. The Kier molecular flexibility index (Phi) is 11.9. The number of unbranched alkanes of at least 4 members (excludes halogenated alkanes) is 4. The summed E-state index contributed by atoms with van der Waals surface area (Å²) in [4.78, 5) is 62.9. The van der Waals surface area contributed by atoms with Crippen LogP contribution in [-0.4, -0.2) is 73.6 Å². The predicted octanol–water partition coefficient (Wildman–Crippen LogP) is 4.88. The normalized spacial score (nSPS) is 25.3. The standard InChI is InChI=1S/C29H40N4O5S3/c1-3-4-5-6-7-13-25(35)39-15-9-8-11-20-16-23(34)30-17-24-31-21(18-40-24)26-32-29(2,19-41-26)28(37)33-14-10-12-22(33)27(36)38-20/h8,11,18,20,22H,3-7,9-10,12-17,19H2,1-2H3,(H,30,34)/b11-8+/t20?,22-,29-/m0/s1. The average Bonchev–Trinajstić information content (AvgIpc) is 3.71. The topological polar surface area (TPSA) is 118 Å². The number of nitrogens with zero attached hydrogens (tertiary/aromatic N) is 3. The summed E-state index contributed by atoms with van der Waals surface area (Å²) in [6.07, 6.45) is 10.8. The minimum absolute atomic E-state index is 0.0365. The third kappa shape index (κ3) is 8.90. The zero-order valence-electron chi connectivity index (χ0n) is 23.9. The number of rotatable bonds is 10. The molecule has 0 radical (unpaired) electrons. The number of aromatic nitrogens is 1. The molecule has 1 unspecified atom stereocenters. The van der Waals surface area contributed by atoms with Crippen LogP contribution in [0.15, 0.2) is 22.5 Å². The minimum atomic E-state index is -0.970. The van der Waals surface area contributed by atoms with Crippen LogP contribution in [0.3, 0.4) is 0 Å². The third-order valence-electron chi connectivity index (χ3n) is 7.33. The maximum absolute atomic E-state index is 13.6. The lowest BCUT2D eigenvalue weighted by Crippen LogP contribution is -2.51. The third-order valence-corrected chi connectivity index (χ3v) is 10.4. The Morgan fingerprint density at radius 3 is 2.93 bits per heavy atom. The highest BCUT2D eigenvalue weighted by Crippen LogP contribution is 2.35. The summed E-state index contributed by atoms with van der Waals surface area (Å²) in [6.45, 7) is 4.71. The van der Waals surface area contributed by atoms with Crippen LogP contribution in [0.25, 0.3) is 0 Å². The molecular weight excluding hydrogens is 581 g/mol. The van der Waals surface area contributed by atoms with Crippen LogP contribution >= 0.6 is 34.9 Å². The molecule has 12 heteroatoms. The van der Waals surface area contributed by atoms with E-state index in [1.165, 1.54) is 54.1 Å². The number of aliphatic imine (C=N–C) groups is 1. The molecular formula is C29H40N4O5S3. The number of esters is 1. The summed E-state index contributed by atoms with van der Waals surface area (Å²) in [7, 11) is 0. The SMILES string of the molecule is CCCCCCCC(=O)SCC/C=C/C1CC(=O)NCc2nc(cs2)C2=N[C@@](C)(CS2)C(=O)N2CCC[C@H]2C(=O)O1. The van der Waals surface area contributed by atoms with Crippen molar-refractivity contribution >= 4 is 62.8 Å². The lowest BCUT2D eigenvalue weighted by Gasteiger charge is -2.30. The molecule has 3 aliphatic rings. The average molecular weight is 621 g/mol. The molecule has 224 valence electrons. The lowest BCUT2D eigenvalue weighted by molar-refractivity contribution is -0.157. The smallest absolute Gasteiger partial charge is 0.329 e. The van der Waals surface area contributed by atoms with E-state index in [-0.39, 0.29) is 29.9 Å². The van der Waals surface area contributed by atoms with Gasteiger partial charge in [-0.2, -0.15) is 0 Å². The monoisotopic (exact) mass is 620 g/mol. The van der Waals surface area contributed by atoms with Gasteiger partial charge < -0.3 is 15.0 Å². The van der Waals surface area contributed by atoms with E-state index in [2.05, 4.69) is 17.2 Å². The van der Waals surface area contributed by atoms with Gasteiger partial charge in [0.25, 0.3) is 5.91 Å². The highest BCUT2D eigenvalue weighted by atomic mass is 32.2. The van der Waals surface area contributed by atoms with Gasteiger partial charge in [0, 0.05) is 29.9 Å². The van der Waals surface area contributed by atoms with Crippen LogP contribution in [0.2, 0.25) is 0 Å². The van der Waals surface area contributed by atoms with Crippen molar-refractivity contribution < 1.29 is 23.9 Å². The number of allylic oxidation sites excluding steroid dienone is 1. The second-order valence-electron chi connectivity index (χ2n) is 10.8. The summed E-state index contributed by atoms with van der Waals surface area (Å²) in [5.74, 6) is 0.169. The number of hydrogen-bond acceptors (Lipinski definition) is 10. The van der Waals surface area contributed by atoms with E-state index < -0.39 is 23.7 Å². The molecule has 4 rings (SSSR count). The number of carbonyl (C=O) groups is 4. The Balaban J connectivity index is 1.40. The van der Waals surface area contributed by atoms with Crippen molar-refractivity contribution in [1.29, 1.82) is 0 Å². The number of fused-ring (bicyclic) bond motifs is 5. The van der Waals surface area contributed by atoms with Crippen molar-refractivity contribution in [2.45, 2.75) is 102 Å². The molecule has 2 amide bonds. The summed E-state index contributed by atoms with van der Waals surface area (Å²) in [6, 6.07) is -0.702. The number of amides is 2. The van der Waals surface area contributed by atoms with Crippen molar-refractivity contribution in [1.82, 2.24) is 15.2 Å². The molecule has 0 saturated carbocycles. The van der Waals surface area contributed by atoms with Crippen molar-refractivity contribution in [3.05, 3.63) is 28.2 Å². The number of thiazole rings is 1. The lowest BCUT2D eigenvalue weighted by atomic mass is 10.0. The zero-order valence-corrected chi connectivity index (χ0v) is 26.3. The van der Waals surface area contributed by atoms with Crippen LogP contribution in [-0.2, 0) is 30.5 Å². The number of carbonyl (C=O) groups excluding carboxylic acids is 4. The summed E-state index contributed by atoms with van der Waals surface area (Å²) < 4.78 is 5.83. The van der Waals surface area contributed by atoms with Crippen LogP contribution in [0, 0.1) is 0 Å². The fraction of sp³-hybridized carbons (Fsp3) is 0.655. The fourth-order valence-corrected chi connectivity index (χ4v) is 7.72.